The maximum absolute atomic E-state index is 11.8. The molecule has 2 amide bonds. The molecule has 0 aromatic carbocycles. The third kappa shape index (κ3) is 5.63. The van der Waals surface area contributed by atoms with Gasteiger partial charge in [0.25, 0.3) is 0 Å². The molecule has 0 saturated carbocycles. The van der Waals surface area contributed by atoms with Crippen molar-refractivity contribution in [2.75, 3.05) is 23.4 Å². The van der Waals surface area contributed by atoms with Crippen molar-refractivity contribution in [3.63, 3.8) is 0 Å². The molecule has 1 aliphatic heterocycles. The van der Waals surface area contributed by atoms with Crippen LogP contribution in [0, 0.1) is 5.92 Å². The first-order chi connectivity index (χ1) is 10.1. The van der Waals surface area contributed by atoms with Gasteiger partial charge in [-0.25, -0.2) is 4.79 Å². The summed E-state index contributed by atoms with van der Waals surface area (Å²) < 4.78 is 0. The summed E-state index contributed by atoms with van der Waals surface area (Å²) in [6.07, 6.45) is 3.65. The highest BCUT2D eigenvalue weighted by Gasteiger charge is 2.14. The summed E-state index contributed by atoms with van der Waals surface area (Å²) in [5, 5.41) is 14.2. The second kappa shape index (κ2) is 7.87. The Labute approximate surface area is 127 Å². The van der Waals surface area contributed by atoms with Gasteiger partial charge in [0, 0.05) is 6.54 Å². The van der Waals surface area contributed by atoms with E-state index in [4.69, 9.17) is 5.11 Å². The normalized spacial score (nSPS) is 15.4. The predicted molar refractivity (Wildman–Crippen MR) is 82.6 cm³/mol. The number of amides is 2. The largest absolute Gasteiger partial charge is 0.481 e. The maximum atomic E-state index is 11.8. The number of nitrogens with one attached hydrogen (secondary N) is 2. The summed E-state index contributed by atoms with van der Waals surface area (Å²) in [5.74, 6) is 1.98. The van der Waals surface area contributed by atoms with E-state index in [0.717, 1.165) is 12.8 Å². The van der Waals surface area contributed by atoms with Crippen LogP contribution in [0.1, 0.15) is 18.5 Å². The maximum Gasteiger partial charge on any atom is 0.319 e. The Morgan fingerprint density at radius 3 is 2.71 bits per heavy atom. The predicted octanol–water partition coefficient (Wildman–Crippen LogP) is 1.97. The number of nitrogens with zero attached hydrogens (tertiary/aromatic N) is 1. The Bertz CT molecular complexity index is 487. The Hall–Kier alpha value is -1.76. The van der Waals surface area contributed by atoms with Crippen molar-refractivity contribution in [3.8, 4) is 0 Å². The molecule has 1 aliphatic rings. The zero-order chi connectivity index (χ0) is 15.1. The molecule has 0 unspecified atom stereocenters. The first kappa shape index (κ1) is 15.6. The Morgan fingerprint density at radius 2 is 2.10 bits per heavy atom. The Morgan fingerprint density at radius 1 is 1.33 bits per heavy atom. The van der Waals surface area contributed by atoms with Crippen molar-refractivity contribution < 1.29 is 14.7 Å². The molecule has 0 atom stereocenters. The third-order valence-corrected chi connectivity index (χ3v) is 4.36. The minimum atomic E-state index is -0.924. The van der Waals surface area contributed by atoms with E-state index in [9.17, 15) is 9.59 Å². The van der Waals surface area contributed by atoms with Crippen molar-refractivity contribution in [3.05, 3.63) is 24.0 Å². The van der Waals surface area contributed by atoms with Gasteiger partial charge in [0.2, 0.25) is 0 Å². The number of rotatable bonds is 5. The van der Waals surface area contributed by atoms with E-state index in [1.165, 1.54) is 17.7 Å². The standard InChI is InChI=1S/C14H19N3O3S/c18-13(19)7-11-1-2-12(9-15-11)17-14(20)16-8-10-3-5-21-6-4-10/h1-2,9-10H,3-8H2,(H,18,19)(H2,16,17,20). The van der Waals surface area contributed by atoms with Crippen LogP contribution in [-0.4, -0.2) is 40.1 Å². The number of aliphatic carboxylic acids is 1. The lowest BCUT2D eigenvalue weighted by Crippen LogP contribution is -2.34. The number of carbonyl (C=O) groups is 2. The molecule has 0 radical (unpaired) electrons. The smallest absolute Gasteiger partial charge is 0.319 e. The molecular weight excluding hydrogens is 290 g/mol. The first-order valence-electron chi connectivity index (χ1n) is 6.93. The van der Waals surface area contributed by atoms with E-state index in [-0.39, 0.29) is 12.5 Å². The van der Waals surface area contributed by atoms with E-state index in [1.807, 2.05) is 11.8 Å². The van der Waals surface area contributed by atoms with Crippen molar-refractivity contribution in [1.29, 1.82) is 0 Å². The average molecular weight is 309 g/mol. The minimum Gasteiger partial charge on any atom is -0.481 e. The van der Waals surface area contributed by atoms with Gasteiger partial charge in [-0.1, -0.05) is 0 Å². The molecule has 1 aromatic heterocycles. The van der Waals surface area contributed by atoms with Crippen LogP contribution in [0.5, 0.6) is 0 Å². The summed E-state index contributed by atoms with van der Waals surface area (Å²) >= 11 is 1.96. The van der Waals surface area contributed by atoms with Gasteiger partial charge in [0.1, 0.15) is 0 Å². The fourth-order valence-corrected chi connectivity index (χ4v) is 3.32. The van der Waals surface area contributed by atoms with Crippen LogP contribution in [-0.2, 0) is 11.2 Å². The Balaban J connectivity index is 1.75. The lowest BCUT2D eigenvalue weighted by molar-refractivity contribution is -0.136. The van der Waals surface area contributed by atoms with Crippen LogP contribution < -0.4 is 10.6 Å². The summed E-state index contributed by atoms with van der Waals surface area (Å²) in [6, 6.07) is 3.01. The molecule has 0 aliphatic carbocycles. The van der Waals surface area contributed by atoms with Gasteiger partial charge in [-0.15, -0.1) is 0 Å². The highest BCUT2D eigenvalue weighted by molar-refractivity contribution is 7.99. The number of aromatic nitrogens is 1. The molecule has 2 rings (SSSR count). The van der Waals surface area contributed by atoms with Crippen LogP contribution in [0.3, 0.4) is 0 Å². The van der Waals surface area contributed by atoms with Crippen molar-refractivity contribution in [1.82, 2.24) is 10.3 Å². The molecule has 0 bridgehead atoms. The number of carboxylic acids is 1. The molecule has 3 N–H and O–H groups in total. The molecule has 6 nitrogen and oxygen atoms in total. The van der Waals surface area contributed by atoms with Gasteiger partial charge < -0.3 is 15.7 Å². The van der Waals surface area contributed by atoms with Crippen molar-refractivity contribution in [2.24, 2.45) is 5.92 Å². The van der Waals surface area contributed by atoms with Crippen molar-refractivity contribution in [2.45, 2.75) is 19.3 Å². The first-order valence-corrected chi connectivity index (χ1v) is 8.08. The molecule has 0 spiro atoms. The monoisotopic (exact) mass is 309 g/mol. The van der Waals surface area contributed by atoms with Crippen LogP contribution in [0.15, 0.2) is 18.3 Å². The van der Waals surface area contributed by atoms with Crippen molar-refractivity contribution >= 4 is 29.4 Å². The number of thioether (sulfide) groups is 1. The quantitative estimate of drug-likeness (QED) is 0.773. The number of hydrogen-bond acceptors (Lipinski definition) is 4. The van der Waals surface area contributed by atoms with E-state index in [1.54, 1.807) is 12.1 Å². The Kier molecular flexibility index (Phi) is 5.86. The van der Waals surface area contributed by atoms with Gasteiger partial charge in [-0.05, 0) is 42.4 Å². The highest BCUT2D eigenvalue weighted by Crippen LogP contribution is 2.21. The van der Waals surface area contributed by atoms with E-state index >= 15 is 0 Å². The van der Waals surface area contributed by atoms with Crippen LogP contribution in [0.25, 0.3) is 0 Å². The van der Waals surface area contributed by atoms with Crippen LogP contribution >= 0.6 is 11.8 Å². The molecule has 7 heteroatoms. The molecule has 21 heavy (non-hydrogen) atoms. The van der Waals surface area contributed by atoms with E-state index in [2.05, 4.69) is 15.6 Å². The summed E-state index contributed by atoms with van der Waals surface area (Å²) in [5.41, 5.74) is 1.02. The number of carboxylic acid groups (broad SMARTS) is 1. The average Bonchev–Trinajstić information content (AvgIpc) is 2.48. The van der Waals surface area contributed by atoms with E-state index in [0.29, 0.717) is 23.8 Å². The second-order valence-electron chi connectivity index (χ2n) is 5.00. The minimum absolute atomic E-state index is 0.119. The van der Waals surface area contributed by atoms with Gasteiger partial charge in [0.15, 0.2) is 0 Å². The SMILES string of the molecule is O=C(O)Cc1ccc(NC(=O)NCC2CCSCC2)cn1. The molecule has 1 fully saturated rings. The molecule has 114 valence electrons. The fourth-order valence-electron chi connectivity index (χ4n) is 2.12. The number of hydrogen-bond donors (Lipinski definition) is 3. The zero-order valence-corrected chi connectivity index (χ0v) is 12.5. The molecular formula is C14H19N3O3S. The van der Waals surface area contributed by atoms with Gasteiger partial charge in [0.05, 0.1) is 24.0 Å². The second-order valence-corrected chi connectivity index (χ2v) is 6.22. The van der Waals surface area contributed by atoms with Gasteiger partial charge in [-0.2, -0.15) is 11.8 Å². The fraction of sp³-hybridized carbons (Fsp3) is 0.500. The summed E-state index contributed by atoms with van der Waals surface area (Å²) in [4.78, 5) is 26.3. The lowest BCUT2D eigenvalue weighted by atomic mass is 10.0. The zero-order valence-electron chi connectivity index (χ0n) is 11.7. The number of carbonyl (C=O) groups excluding carboxylic acids is 1. The third-order valence-electron chi connectivity index (χ3n) is 3.31. The molecule has 1 aromatic rings. The summed E-state index contributed by atoms with van der Waals surface area (Å²) in [7, 11) is 0. The highest BCUT2D eigenvalue weighted by atomic mass is 32.2. The van der Waals surface area contributed by atoms with Gasteiger partial charge >= 0.3 is 12.0 Å². The topological polar surface area (TPSA) is 91.3 Å². The summed E-state index contributed by atoms with van der Waals surface area (Å²) in [6.45, 7) is 0.691. The van der Waals surface area contributed by atoms with Gasteiger partial charge in [-0.3, -0.25) is 9.78 Å². The van der Waals surface area contributed by atoms with Crippen LogP contribution in [0.4, 0.5) is 10.5 Å². The van der Waals surface area contributed by atoms with Crippen LogP contribution in [0.2, 0.25) is 0 Å². The van der Waals surface area contributed by atoms with E-state index < -0.39 is 5.97 Å². The number of anilines is 1. The molecule has 2 heterocycles. The lowest BCUT2D eigenvalue weighted by Gasteiger charge is -2.21. The number of urea groups is 1. The number of pyridine rings is 1. The molecule has 1 saturated heterocycles.